The zero-order valence-electron chi connectivity index (χ0n) is 12.9. The number of hydrogen-bond donors (Lipinski definition) is 1. The third-order valence-electron chi connectivity index (χ3n) is 3.37. The van der Waals surface area contributed by atoms with Crippen LogP contribution in [0.2, 0.25) is 15.1 Å². The van der Waals surface area contributed by atoms with E-state index in [9.17, 15) is 13.2 Å². The average molecular weight is 431 g/mol. The van der Waals surface area contributed by atoms with Crippen molar-refractivity contribution in [2.45, 2.75) is 9.99 Å². The second-order valence-electron chi connectivity index (χ2n) is 5.16. The number of furan rings is 1. The molecule has 134 valence electrons. The smallest absolute Gasteiger partial charge is 0.291 e. The molecule has 0 unspecified atom stereocenters. The lowest BCUT2D eigenvalue weighted by Gasteiger charge is -2.05. The van der Waals surface area contributed by atoms with Crippen molar-refractivity contribution < 1.29 is 17.6 Å². The predicted octanol–water partition coefficient (Wildman–Crippen LogP) is 5.32. The number of amides is 1. The molecule has 0 spiro atoms. The number of carbonyl (C=O) groups excluding carboxylic acids is 1. The molecule has 9 heteroatoms. The van der Waals surface area contributed by atoms with Crippen LogP contribution < -0.4 is 5.32 Å². The number of anilines is 1. The Bertz CT molecular complexity index is 1080. The fraction of sp³-hybridized carbons (Fsp3) is 0. The number of sulfone groups is 1. The third kappa shape index (κ3) is 3.88. The highest BCUT2D eigenvalue weighted by molar-refractivity contribution is 7.91. The van der Waals surface area contributed by atoms with Crippen LogP contribution in [0.15, 0.2) is 69.0 Å². The Balaban J connectivity index is 1.83. The molecule has 0 aliphatic rings. The van der Waals surface area contributed by atoms with Gasteiger partial charge in [0.25, 0.3) is 5.91 Å². The van der Waals surface area contributed by atoms with Gasteiger partial charge in [0, 0.05) is 10.7 Å². The summed E-state index contributed by atoms with van der Waals surface area (Å²) in [6, 6.07) is 12.7. The molecule has 1 aromatic heterocycles. The van der Waals surface area contributed by atoms with E-state index in [4.69, 9.17) is 39.2 Å². The van der Waals surface area contributed by atoms with Gasteiger partial charge in [-0.15, -0.1) is 0 Å². The summed E-state index contributed by atoms with van der Waals surface area (Å²) in [4.78, 5) is 12.2. The van der Waals surface area contributed by atoms with Crippen molar-refractivity contribution >= 4 is 56.2 Å². The van der Waals surface area contributed by atoms with Gasteiger partial charge in [-0.25, -0.2) is 8.42 Å². The summed E-state index contributed by atoms with van der Waals surface area (Å²) in [6.07, 6.45) is 0. The van der Waals surface area contributed by atoms with Crippen LogP contribution >= 0.6 is 34.8 Å². The SMILES string of the molecule is O=C(Nc1ccc(Cl)c(Cl)c1)c1ccc(S(=O)(=O)c2ccc(Cl)cc2)o1. The minimum atomic E-state index is -3.90. The summed E-state index contributed by atoms with van der Waals surface area (Å²) < 4.78 is 30.3. The van der Waals surface area contributed by atoms with Gasteiger partial charge in [0.2, 0.25) is 14.9 Å². The molecular weight excluding hydrogens is 421 g/mol. The molecule has 26 heavy (non-hydrogen) atoms. The van der Waals surface area contributed by atoms with Crippen molar-refractivity contribution in [2.75, 3.05) is 5.32 Å². The zero-order valence-corrected chi connectivity index (χ0v) is 16.0. The molecule has 1 amide bonds. The molecule has 2 aromatic carbocycles. The van der Waals surface area contributed by atoms with Gasteiger partial charge in [-0.3, -0.25) is 4.79 Å². The normalized spacial score (nSPS) is 11.3. The summed E-state index contributed by atoms with van der Waals surface area (Å²) >= 11 is 17.5. The lowest BCUT2D eigenvalue weighted by atomic mass is 10.3. The van der Waals surface area contributed by atoms with Crippen LogP contribution in [0.4, 0.5) is 5.69 Å². The fourth-order valence-corrected chi connectivity index (χ4v) is 3.68. The van der Waals surface area contributed by atoms with E-state index in [0.717, 1.165) is 0 Å². The van der Waals surface area contributed by atoms with Crippen LogP contribution in [-0.4, -0.2) is 14.3 Å². The van der Waals surface area contributed by atoms with E-state index < -0.39 is 15.7 Å². The van der Waals surface area contributed by atoms with Crippen LogP contribution in [-0.2, 0) is 9.84 Å². The maximum atomic E-state index is 12.5. The van der Waals surface area contributed by atoms with Crippen molar-refractivity contribution in [3.8, 4) is 0 Å². The van der Waals surface area contributed by atoms with E-state index in [1.807, 2.05) is 0 Å². The predicted molar refractivity (Wildman–Crippen MR) is 100 cm³/mol. The molecule has 0 saturated heterocycles. The summed E-state index contributed by atoms with van der Waals surface area (Å²) in [5.74, 6) is -0.787. The number of carbonyl (C=O) groups is 1. The van der Waals surface area contributed by atoms with E-state index in [0.29, 0.717) is 15.7 Å². The Morgan fingerprint density at radius 2 is 1.58 bits per heavy atom. The Morgan fingerprint density at radius 3 is 2.23 bits per heavy atom. The second kappa shape index (κ2) is 7.32. The van der Waals surface area contributed by atoms with Crippen LogP contribution in [0.1, 0.15) is 10.6 Å². The number of nitrogens with one attached hydrogen (secondary N) is 1. The van der Waals surface area contributed by atoms with Gasteiger partial charge in [0.15, 0.2) is 5.76 Å². The monoisotopic (exact) mass is 429 g/mol. The molecular formula is C17H10Cl3NO4S. The summed E-state index contributed by atoms with van der Waals surface area (Å²) in [5, 5.41) is 3.23. The molecule has 5 nitrogen and oxygen atoms in total. The average Bonchev–Trinajstić information content (AvgIpc) is 3.10. The second-order valence-corrected chi connectivity index (χ2v) is 8.29. The van der Waals surface area contributed by atoms with Gasteiger partial charge in [-0.05, 0) is 54.6 Å². The number of benzene rings is 2. The van der Waals surface area contributed by atoms with Crippen molar-refractivity contribution in [3.63, 3.8) is 0 Å². The first-order chi connectivity index (χ1) is 12.3. The number of rotatable bonds is 4. The number of hydrogen-bond acceptors (Lipinski definition) is 4. The molecule has 0 fully saturated rings. The molecule has 3 rings (SSSR count). The minimum absolute atomic E-state index is 0.00712. The highest BCUT2D eigenvalue weighted by atomic mass is 35.5. The molecule has 0 atom stereocenters. The van der Waals surface area contributed by atoms with Gasteiger partial charge in [-0.2, -0.15) is 0 Å². The largest absolute Gasteiger partial charge is 0.439 e. The zero-order chi connectivity index (χ0) is 18.9. The molecule has 0 aliphatic heterocycles. The van der Waals surface area contributed by atoms with Crippen LogP contribution in [0.3, 0.4) is 0 Å². The maximum absolute atomic E-state index is 12.5. The Hall–Kier alpha value is -1.99. The Kier molecular flexibility index (Phi) is 5.29. The highest BCUT2D eigenvalue weighted by Gasteiger charge is 2.23. The maximum Gasteiger partial charge on any atom is 0.291 e. The van der Waals surface area contributed by atoms with Crippen molar-refractivity contribution in [3.05, 3.63) is 75.4 Å². The van der Waals surface area contributed by atoms with Gasteiger partial charge in [0.1, 0.15) is 0 Å². The van der Waals surface area contributed by atoms with E-state index in [2.05, 4.69) is 5.32 Å². The summed E-state index contributed by atoms with van der Waals surface area (Å²) in [7, 11) is -3.90. The van der Waals surface area contributed by atoms with Crippen molar-refractivity contribution in [1.82, 2.24) is 0 Å². The molecule has 1 N–H and O–H groups in total. The standard InChI is InChI=1S/C17H10Cl3NO4S/c18-10-1-4-12(5-2-10)26(23,24)16-8-7-15(25-16)17(22)21-11-3-6-13(19)14(20)9-11/h1-9H,(H,21,22). The highest BCUT2D eigenvalue weighted by Crippen LogP contribution is 2.27. The third-order valence-corrected chi connectivity index (χ3v) is 6.00. The van der Waals surface area contributed by atoms with Gasteiger partial charge in [-0.1, -0.05) is 34.8 Å². The first-order valence-electron chi connectivity index (χ1n) is 7.14. The van der Waals surface area contributed by atoms with E-state index in [-0.39, 0.29) is 20.8 Å². The molecule has 3 aromatic rings. The minimum Gasteiger partial charge on any atom is -0.439 e. The van der Waals surface area contributed by atoms with Crippen LogP contribution in [0.5, 0.6) is 0 Å². The van der Waals surface area contributed by atoms with Crippen LogP contribution in [0.25, 0.3) is 0 Å². The van der Waals surface area contributed by atoms with E-state index in [1.165, 1.54) is 48.5 Å². The van der Waals surface area contributed by atoms with E-state index in [1.54, 1.807) is 6.07 Å². The fourth-order valence-electron chi connectivity index (χ4n) is 2.08. The lowest BCUT2D eigenvalue weighted by molar-refractivity contribution is 0.0991. The molecule has 0 bridgehead atoms. The Labute approximate surface area is 164 Å². The first-order valence-corrected chi connectivity index (χ1v) is 9.76. The molecule has 0 radical (unpaired) electrons. The summed E-state index contributed by atoms with van der Waals surface area (Å²) in [5.41, 5.74) is 0.392. The lowest BCUT2D eigenvalue weighted by Crippen LogP contribution is -2.11. The quantitative estimate of drug-likeness (QED) is 0.607. The first kappa shape index (κ1) is 18.8. The Morgan fingerprint density at radius 1 is 0.885 bits per heavy atom. The summed E-state index contributed by atoms with van der Waals surface area (Å²) in [6.45, 7) is 0. The van der Waals surface area contributed by atoms with Crippen molar-refractivity contribution in [2.24, 2.45) is 0 Å². The topological polar surface area (TPSA) is 76.4 Å². The van der Waals surface area contributed by atoms with Gasteiger partial charge < -0.3 is 9.73 Å². The molecule has 0 saturated carbocycles. The van der Waals surface area contributed by atoms with Gasteiger partial charge >= 0.3 is 0 Å². The molecule has 1 heterocycles. The number of halogens is 3. The molecule has 0 aliphatic carbocycles. The van der Waals surface area contributed by atoms with E-state index >= 15 is 0 Å². The van der Waals surface area contributed by atoms with Crippen molar-refractivity contribution in [1.29, 1.82) is 0 Å². The van der Waals surface area contributed by atoms with Gasteiger partial charge in [0.05, 0.1) is 14.9 Å². The van der Waals surface area contributed by atoms with Crippen LogP contribution in [0, 0.1) is 0 Å².